The lowest BCUT2D eigenvalue weighted by atomic mass is 9.95. The van der Waals surface area contributed by atoms with Crippen LogP contribution in [0.2, 0.25) is 0 Å². The zero-order valence-electron chi connectivity index (χ0n) is 22.9. The summed E-state index contributed by atoms with van der Waals surface area (Å²) in [6.45, 7) is 2.28. The van der Waals surface area contributed by atoms with Gasteiger partial charge in [-0.15, -0.1) is 34.0 Å². The van der Waals surface area contributed by atoms with Crippen LogP contribution in [0.1, 0.15) is 16.7 Å². The van der Waals surface area contributed by atoms with Crippen molar-refractivity contribution < 1.29 is 0 Å². The molecule has 3 aromatic heterocycles. The van der Waals surface area contributed by atoms with E-state index in [2.05, 4.69) is 110 Å². The van der Waals surface area contributed by atoms with E-state index in [1.165, 1.54) is 88.3 Å². The number of hydrogen-bond acceptors (Lipinski definition) is 4. The molecule has 0 spiro atoms. The largest absolute Gasteiger partial charge is 0.399 e. The fraction of sp³-hybridized carbons (Fsp3) is 0.0526. The summed E-state index contributed by atoms with van der Waals surface area (Å²) >= 11 is 5.62. The first kappa shape index (κ1) is 24.4. The molecule has 9 rings (SSSR count). The molecule has 42 heavy (non-hydrogen) atoms. The molecule has 0 aliphatic rings. The highest BCUT2D eigenvalue weighted by atomic mass is 32.1. The zero-order chi connectivity index (χ0) is 27.9. The maximum absolute atomic E-state index is 6.04. The van der Waals surface area contributed by atoms with Crippen LogP contribution < -0.4 is 5.73 Å². The van der Waals surface area contributed by atoms with Crippen molar-refractivity contribution in [2.45, 2.75) is 13.3 Å². The third kappa shape index (κ3) is 3.73. The summed E-state index contributed by atoms with van der Waals surface area (Å²) in [4.78, 5) is 0. The number of aryl methyl sites for hydroxylation is 1. The topological polar surface area (TPSA) is 26.0 Å². The smallest absolute Gasteiger partial charge is 0.0375 e. The Bertz CT molecular complexity index is 2520. The lowest BCUT2D eigenvalue weighted by molar-refractivity contribution is 1.21. The summed E-state index contributed by atoms with van der Waals surface area (Å²) in [5, 5.41) is 8.07. The van der Waals surface area contributed by atoms with Crippen molar-refractivity contribution in [2.24, 2.45) is 0 Å². The number of thiophene rings is 3. The third-order valence-electron chi connectivity index (χ3n) is 8.62. The average Bonchev–Trinajstić information content (AvgIpc) is 3.67. The molecule has 0 amide bonds. The van der Waals surface area contributed by atoms with Crippen molar-refractivity contribution in [2.75, 3.05) is 5.73 Å². The van der Waals surface area contributed by atoms with Crippen molar-refractivity contribution in [1.82, 2.24) is 0 Å². The van der Waals surface area contributed by atoms with E-state index in [4.69, 9.17) is 5.73 Å². The van der Waals surface area contributed by atoms with Crippen LogP contribution in [-0.2, 0) is 6.42 Å². The molecule has 0 aliphatic heterocycles. The Hall–Kier alpha value is -4.22. The highest BCUT2D eigenvalue weighted by Crippen LogP contribution is 2.42. The fourth-order valence-corrected chi connectivity index (χ4v) is 10.1. The summed E-state index contributed by atoms with van der Waals surface area (Å²) < 4.78 is 8.00. The van der Waals surface area contributed by atoms with Gasteiger partial charge in [-0.2, -0.15) is 0 Å². The monoisotopic (exact) mass is 591 g/mol. The maximum atomic E-state index is 6.04. The number of anilines is 1. The Morgan fingerprint density at radius 3 is 2.07 bits per heavy atom. The van der Waals surface area contributed by atoms with Crippen molar-refractivity contribution >= 4 is 100 Å². The van der Waals surface area contributed by atoms with Gasteiger partial charge < -0.3 is 5.73 Å². The van der Waals surface area contributed by atoms with Crippen LogP contribution in [0.4, 0.5) is 5.69 Å². The van der Waals surface area contributed by atoms with E-state index in [0.29, 0.717) is 0 Å². The lowest BCUT2D eigenvalue weighted by Crippen LogP contribution is -1.87. The second-order valence-corrected chi connectivity index (χ2v) is 14.5. The van der Waals surface area contributed by atoms with E-state index in [9.17, 15) is 0 Å². The average molecular weight is 592 g/mol. The van der Waals surface area contributed by atoms with E-state index >= 15 is 0 Å². The van der Waals surface area contributed by atoms with Gasteiger partial charge in [0.15, 0.2) is 0 Å². The Morgan fingerprint density at radius 1 is 0.500 bits per heavy atom. The van der Waals surface area contributed by atoms with E-state index in [1.807, 2.05) is 40.1 Å². The first-order chi connectivity index (χ1) is 20.6. The second-order valence-electron chi connectivity index (χ2n) is 11.2. The van der Waals surface area contributed by atoms with Crippen molar-refractivity contribution in [3.8, 4) is 11.1 Å². The van der Waals surface area contributed by atoms with Gasteiger partial charge in [0.05, 0.1) is 0 Å². The number of fused-ring (bicyclic) bond motifs is 9. The van der Waals surface area contributed by atoms with Crippen LogP contribution >= 0.6 is 34.0 Å². The predicted molar refractivity (Wildman–Crippen MR) is 189 cm³/mol. The minimum Gasteiger partial charge on any atom is -0.399 e. The van der Waals surface area contributed by atoms with Gasteiger partial charge >= 0.3 is 0 Å². The highest BCUT2D eigenvalue weighted by Gasteiger charge is 2.14. The molecule has 0 saturated heterocycles. The molecule has 3 heterocycles. The number of rotatable bonds is 3. The van der Waals surface area contributed by atoms with E-state index in [-0.39, 0.29) is 0 Å². The van der Waals surface area contributed by atoms with Crippen molar-refractivity contribution in [3.05, 3.63) is 126 Å². The second kappa shape index (κ2) is 9.14. The molecule has 0 atom stereocenters. The molecular weight excluding hydrogens is 567 g/mol. The molecule has 4 heteroatoms. The highest BCUT2D eigenvalue weighted by molar-refractivity contribution is 7.26. The predicted octanol–water partition coefficient (Wildman–Crippen LogP) is 11.9. The quantitative estimate of drug-likeness (QED) is 0.203. The SMILES string of the molecule is Cc1c(-c2ccc3c(c2)sc2ccc(Cc4ccc5c(c4)sc4cc(N)ccc45)cc23)ccc2sc3ccccc3c12. The number of hydrogen-bond donors (Lipinski definition) is 1. The van der Waals surface area contributed by atoms with Crippen molar-refractivity contribution in [1.29, 1.82) is 0 Å². The normalized spacial score (nSPS) is 12.1. The molecule has 200 valence electrons. The summed E-state index contributed by atoms with van der Waals surface area (Å²) in [7, 11) is 0. The molecule has 0 fully saturated rings. The van der Waals surface area contributed by atoms with Crippen LogP contribution in [0.15, 0.2) is 109 Å². The standard InChI is InChI=1S/C38H25NS3/c1-21-26(13-15-34-38(21)30-4-2-3-5-32(30)40-34)24-8-11-29-31-17-22(7-14-33(31)41-36(29)19-24)16-23-6-10-27-28-12-9-25(39)20-37(28)42-35(27)18-23/h2-15,17-20H,16,39H2,1H3. The van der Waals surface area contributed by atoms with Gasteiger partial charge in [0.2, 0.25) is 0 Å². The van der Waals surface area contributed by atoms with Gasteiger partial charge in [-0.1, -0.05) is 60.7 Å². The van der Waals surface area contributed by atoms with E-state index in [1.54, 1.807) is 0 Å². The molecule has 0 bridgehead atoms. The maximum Gasteiger partial charge on any atom is 0.0375 e. The van der Waals surface area contributed by atoms with Crippen LogP contribution in [0.3, 0.4) is 0 Å². The number of benzene rings is 6. The van der Waals surface area contributed by atoms with Crippen LogP contribution in [0.25, 0.3) is 71.6 Å². The van der Waals surface area contributed by atoms with Gasteiger partial charge in [0.1, 0.15) is 0 Å². The molecular formula is C38H25NS3. The Labute approximate surface area is 255 Å². The summed E-state index contributed by atoms with van der Waals surface area (Å²) in [5.74, 6) is 0. The Kier molecular flexibility index (Phi) is 5.31. The Balaban J connectivity index is 1.09. The van der Waals surface area contributed by atoms with Crippen LogP contribution in [-0.4, -0.2) is 0 Å². The van der Waals surface area contributed by atoms with Gasteiger partial charge in [0, 0.05) is 66.2 Å². The van der Waals surface area contributed by atoms with E-state index in [0.717, 1.165) is 12.1 Å². The summed E-state index contributed by atoms with van der Waals surface area (Å²) in [6.07, 6.45) is 0.922. The third-order valence-corrected chi connectivity index (χ3v) is 12.0. The van der Waals surface area contributed by atoms with Gasteiger partial charge in [0.25, 0.3) is 0 Å². The molecule has 9 aromatic rings. The summed E-state index contributed by atoms with van der Waals surface area (Å²) in [6, 6.07) is 40.6. The summed E-state index contributed by atoms with van der Waals surface area (Å²) in [5.41, 5.74) is 13.5. The first-order valence-electron chi connectivity index (χ1n) is 14.2. The van der Waals surface area contributed by atoms with Crippen LogP contribution in [0.5, 0.6) is 0 Å². The van der Waals surface area contributed by atoms with Gasteiger partial charge in [-0.05, 0) is 89.7 Å². The van der Waals surface area contributed by atoms with Gasteiger partial charge in [-0.25, -0.2) is 0 Å². The molecule has 6 aromatic carbocycles. The van der Waals surface area contributed by atoms with E-state index < -0.39 is 0 Å². The zero-order valence-corrected chi connectivity index (χ0v) is 25.4. The molecule has 0 unspecified atom stereocenters. The lowest BCUT2D eigenvalue weighted by Gasteiger charge is -2.08. The van der Waals surface area contributed by atoms with Gasteiger partial charge in [-0.3, -0.25) is 0 Å². The van der Waals surface area contributed by atoms with Crippen LogP contribution in [0, 0.1) is 6.92 Å². The molecule has 0 radical (unpaired) electrons. The van der Waals surface area contributed by atoms with Crippen molar-refractivity contribution in [3.63, 3.8) is 0 Å². The minimum absolute atomic E-state index is 0.824. The number of nitrogens with two attached hydrogens (primary N) is 1. The molecule has 0 saturated carbocycles. The number of nitrogen functional groups attached to an aromatic ring is 1. The first-order valence-corrected chi connectivity index (χ1v) is 16.6. The minimum atomic E-state index is 0.824. The molecule has 1 nitrogen and oxygen atoms in total. The Morgan fingerprint density at radius 2 is 1.14 bits per heavy atom. The fourth-order valence-electron chi connectivity index (χ4n) is 6.59. The molecule has 0 aliphatic carbocycles. The molecule has 2 N–H and O–H groups in total.